The number of hydrogen-bond donors (Lipinski definition) is 1. The molecule has 1 N–H and O–H groups in total. The Morgan fingerprint density at radius 1 is 1.50 bits per heavy atom. The summed E-state index contributed by atoms with van der Waals surface area (Å²) >= 11 is 1.29. The summed E-state index contributed by atoms with van der Waals surface area (Å²) in [5, 5.41) is 9.81. The van der Waals surface area contributed by atoms with Crippen molar-refractivity contribution in [3.05, 3.63) is 29.5 Å². The summed E-state index contributed by atoms with van der Waals surface area (Å²) in [6.45, 7) is 2.80. The molecule has 7 heteroatoms. The Labute approximate surface area is 131 Å². The van der Waals surface area contributed by atoms with Gasteiger partial charge < -0.3 is 14.4 Å². The van der Waals surface area contributed by atoms with Crippen LogP contribution in [0.3, 0.4) is 0 Å². The van der Waals surface area contributed by atoms with E-state index in [2.05, 4.69) is 4.98 Å². The van der Waals surface area contributed by atoms with Gasteiger partial charge in [0.15, 0.2) is 10.8 Å². The molecular weight excluding hydrogens is 304 g/mol. The first kappa shape index (κ1) is 14.8. The van der Waals surface area contributed by atoms with Crippen molar-refractivity contribution in [3.63, 3.8) is 0 Å². The molecule has 3 rings (SSSR count). The highest BCUT2D eigenvalue weighted by molar-refractivity contribution is 7.16. The second kappa shape index (κ2) is 5.92. The Hall–Kier alpha value is -2.15. The number of rotatable bonds is 3. The Morgan fingerprint density at radius 2 is 2.32 bits per heavy atom. The van der Waals surface area contributed by atoms with Crippen molar-refractivity contribution in [3.8, 4) is 10.8 Å². The zero-order valence-electron chi connectivity index (χ0n) is 12.1. The van der Waals surface area contributed by atoms with E-state index in [1.54, 1.807) is 29.5 Å². The fraction of sp³-hybridized carbons (Fsp3) is 0.400. The third-order valence-electron chi connectivity index (χ3n) is 3.96. The van der Waals surface area contributed by atoms with Crippen molar-refractivity contribution in [1.29, 1.82) is 0 Å². The van der Waals surface area contributed by atoms with Gasteiger partial charge in [0.25, 0.3) is 5.91 Å². The number of aliphatic carboxylic acids is 1. The lowest BCUT2D eigenvalue weighted by Gasteiger charge is -2.34. The third-order valence-corrected chi connectivity index (χ3v) is 4.96. The minimum Gasteiger partial charge on any atom is -0.481 e. The summed E-state index contributed by atoms with van der Waals surface area (Å²) in [6.07, 6.45) is 3.61. The average molecular weight is 320 g/mol. The largest absolute Gasteiger partial charge is 0.481 e. The first-order chi connectivity index (χ1) is 10.6. The molecule has 0 saturated carbocycles. The molecule has 2 unspecified atom stereocenters. The average Bonchev–Trinajstić information content (AvgIpc) is 3.16. The molecule has 116 valence electrons. The predicted molar refractivity (Wildman–Crippen MR) is 80.6 cm³/mol. The number of piperidine rings is 1. The quantitative estimate of drug-likeness (QED) is 0.939. The van der Waals surface area contributed by atoms with Crippen LogP contribution in [-0.2, 0) is 4.79 Å². The van der Waals surface area contributed by atoms with Crippen LogP contribution in [0.1, 0.15) is 23.0 Å². The number of carbonyl (C=O) groups excluding carboxylic acids is 1. The normalized spacial score (nSPS) is 21.8. The molecule has 0 spiro atoms. The molecule has 2 atom stereocenters. The van der Waals surface area contributed by atoms with Gasteiger partial charge in [0, 0.05) is 13.1 Å². The second-order valence-corrected chi connectivity index (χ2v) is 6.50. The van der Waals surface area contributed by atoms with E-state index in [4.69, 9.17) is 9.52 Å². The van der Waals surface area contributed by atoms with Gasteiger partial charge in [-0.3, -0.25) is 9.59 Å². The van der Waals surface area contributed by atoms with Gasteiger partial charge in [-0.15, -0.1) is 11.3 Å². The smallest absolute Gasteiger partial charge is 0.306 e. The summed E-state index contributed by atoms with van der Waals surface area (Å²) in [6, 6.07) is 3.57. The Morgan fingerprint density at radius 3 is 2.95 bits per heavy atom. The second-order valence-electron chi connectivity index (χ2n) is 5.47. The molecule has 1 amide bonds. The number of thiazole rings is 1. The highest BCUT2D eigenvalue weighted by Gasteiger charge is 2.33. The molecule has 22 heavy (non-hydrogen) atoms. The van der Waals surface area contributed by atoms with Gasteiger partial charge >= 0.3 is 5.97 Å². The standard InChI is InChI=1S/C15H16N2O4S/c1-9-8-17(5-4-10(9)15(19)20)14(18)12-7-16-13(22-12)11-3-2-6-21-11/h2-3,6-7,9-10H,4-5,8H2,1H3,(H,19,20). The van der Waals surface area contributed by atoms with E-state index in [1.807, 2.05) is 6.92 Å². The van der Waals surface area contributed by atoms with Gasteiger partial charge in [-0.1, -0.05) is 6.92 Å². The predicted octanol–water partition coefficient (Wildman–Crippen LogP) is 2.59. The Balaban J connectivity index is 1.71. The van der Waals surface area contributed by atoms with Crippen LogP contribution >= 0.6 is 11.3 Å². The van der Waals surface area contributed by atoms with Crippen LogP contribution in [0, 0.1) is 11.8 Å². The summed E-state index contributed by atoms with van der Waals surface area (Å²) < 4.78 is 5.27. The summed E-state index contributed by atoms with van der Waals surface area (Å²) in [4.78, 5) is 30.1. The maximum atomic E-state index is 12.5. The van der Waals surface area contributed by atoms with E-state index >= 15 is 0 Å². The Kier molecular flexibility index (Phi) is 3.98. The number of carboxylic acids is 1. The van der Waals surface area contributed by atoms with Crippen molar-refractivity contribution in [2.75, 3.05) is 13.1 Å². The van der Waals surface area contributed by atoms with Crippen LogP contribution in [0.4, 0.5) is 0 Å². The summed E-state index contributed by atoms with van der Waals surface area (Å²) in [5.41, 5.74) is 0. The maximum absolute atomic E-state index is 12.5. The number of hydrogen-bond acceptors (Lipinski definition) is 5. The zero-order valence-corrected chi connectivity index (χ0v) is 12.9. The lowest BCUT2D eigenvalue weighted by atomic mass is 9.87. The van der Waals surface area contributed by atoms with E-state index in [0.717, 1.165) is 0 Å². The van der Waals surface area contributed by atoms with E-state index in [1.165, 1.54) is 11.3 Å². The monoisotopic (exact) mass is 320 g/mol. The molecule has 1 saturated heterocycles. The molecule has 0 aromatic carbocycles. The number of furan rings is 1. The number of nitrogens with zero attached hydrogens (tertiary/aromatic N) is 2. The van der Waals surface area contributed by atoms with E-state index in [-0.39, 0.29) is 17.7 Å². The maximum Gasteiger partial charge on any atom is 0.306 e. The summed E-state index contributed by atoms with van der Waals surface area (Å²) in [5.74, 6) is -0.651. The fourth-order valence-electron chi connectivity index (χ4n) is 2.74. The van der Waals surface area contributed by atoms with Crippen molar-refractivity contribution >= 4 is 23.2 Å². The molecule has 2 aromatic rings. The van der Waals surface area contributed by atoms with E-state index in [0.29, 0.717) is 35.2 Å². The van der Waals surface area contributed by atoms with Gasteiger partial charge in [-0.05, 0) is 24.5 Å². The highest BCUT2D eigenvalue weighted by atomic mass is 32.1. The van der Waals surface area contributed by atoms with Crippen molar-refractivity contribution in [1.82, 2.24) is 9.88 Å². The number of likely N-dealkylation sites (tertiary alicyclic amines) is 1. The van der Waals surface area contributed by atoms with Crippen molar-refractivity contribution in [2.45, 2.75) is 13.3 Å². The van der Waals surface area contributed by atoms with Crippen LogP contribution in [0.5, 0.6) is 0 Å². The minimum absolute atomic E-state index is 0.0485. The van der Waals surface area contributed by atoms with Gasteiger partial charge in [0.05, 0.1) is 18.4 Å². The van der Waals surface area contributed by atoms with Crippen LogP contribution in [0.25, 0.3) is 10.8 Å². The van der Waals surface area contributed by atoms with Crippen molar-refractivity contribution in [2.24, 2.45) is 11.8 Å². The van der Waals surface area contributed by atoms with Crippen LogP contribution < -0.4 is 0 Å². The van der Waals surface area contributed by atoms with Crippen LogP contribution in [0.15, 0.2) is 29.0 Å². The SMILES string of the molecule is CC1CN(C(=O)c2cnc(-c3ccco3)s2)CCC1C(=O)O. The molecule has 2 aromatic heterocycles. The van der Waals surface area contributed by atoms with Crippen molar-refractivity contribution < 1.29 is 19.1 Å². The van der Waals surface area contributed by atoms with Gasteiger partial charge in [-0.25, -0.2) is 4.98 Å². The molecule has 3 heterocycles. The number of amides is 1. The lowest BCUT2D eigenvalue weighted by molar-refractivity contribution is -0.145. The van der Waals surface area contributed by atoms with Gasteiger partial charge in [-0.2, -0.15) is 0 Å². The Bertz CT molecular complexity index is 680. The first-order valence-corrected chi connectivity index (χ1v) is 7.89. The number of carboxylic acid groups (broad SMARTS) is 1. The van der Waals surface area contributed by atoms with E-state index < -0.39 is 5.97 Å². The molecule has 1 aliphatic rings. The zero-order chi connectivity index (χ0) is 15.7. The molecule has 0 aliphatic carbocycles. The molecule has 6 nitrogen and oxygen atoms in total. The van der Waals surface area contributed by atoms with E-state index in [9.17, 15) is 9.59 Å². The van der Waals surface area contributed by atoms with Gasteiger partial charge in [0.1, 0.15) is 4.88 Å². The summed E-state index contributed by atoms with van der Waals surface area (Å²) in [7, 11) is 0. The van der Waals surface area contributed by atoms with Gasteiger partial charge in [0.2, 0.25) is 0 Å². The molecule has 0 radical (unpaired) electrons. The third kappa shape index (κ3) is 2.76. The molecule has 1 aliphatic heterocycles. The van der Waals surface area contributed by atoms with Crippen LogP contribution in [0.2, 0.25) is 0 Å². The molecule has 0 bridgehead atoms. The minimum atomic E-state index is -0.780. The molecular formula is C15H16N2O4S. The number of carbonyl (C=O) groups is 2. The highest BCUT2D eigenvalue weighted by Crippen LogP contribution is 2.29. The topological polar surface area (TPSA) is 83.6 Å². The lowest BCUT2D eigenvalue weighted by Crippen LogP contribution is -2.44. The first-order valence-electron chi connectivity index (χ1n) is 7.08. The fourth-order valence-corrected chi connectivity index (χ4v) is 3.59. The molecule has 1 fully saturated rings. The van der Waals surface area contributed by atoms with Crippen LogP contribution in [-0.4, -0.2) is 40.0 Å². The number of aromatic nitrogens is 1.